The summed E-state index contributed by atoms with van der Waals surface area (Å²) in [7, 11) is 0. The highest BCUT2D eigenvalue weighted by molar-refractivity contribution is 6.42. The summed E-state index contributed by atoms with van der Waals surface area (Å²) in [6, 6.07) is 4.84. The molecule has 0 fully saturated rings. The molecular formula is C18H26Cl2N2O2. The Morgan fingerprint density at radius 2 is 1.79 bits per heavy atom. The molecule has 1 N–H and O–H groups in total. The molecule has 0 aliphatic heterocycles. The smallest absolute Gasteiger partial charge is 0.243 e. The van der Waals surface area contributed by atoms with Gasteiger partial charge in [-0.2, -0.15) is 0 Å². The second-order valence-corrected chi connectivity index (χ2v) is 6.68. The fraction of sp³-hybridized carbons (Fsp3) is 0.556. The molecule has 2 atom stereocenters. The topological polar surface area (TPSA) is 49.4 Å². The molecule has 24 heavy (non-hydrogen) atoms. The van der Waals surface area contributed by atoms with Crippen molar-refractivity contribution < 1.29 is 9.59 Å². The molecule has 0 radical (unpaired) electrons. The van der Waals surface area contributed by atoms with Gasteiger partial charge in [-0.25, -0.2) is 0 Å². The third kappa shape index (κ3) is 5.67. The van der Waals surface area contributed by atoms with Crippen molar-refractivity contribution in [1.82, 2.24) is 10.2 Å². The third-order valence-corrected chi connectivity index (χ3v) is 4.77. The Morgan fingerprint density at radius 1 is 1.12 bits per heavy atom. The van der Waals surface area contributed by atoms with Gasteiger partial charge in [-0.1, -0.05) is 50.0 Å². The number of benzene rings is 1. The van der Waals surface area contributed by atoms with Gasteiger partial charge < -0.3 is 10.2 Å². The highest BCUT2D eigenvalue weighted by Gasteiger charge is 2.28. The van der Waals surface area contributed by atoms with Crippen LogP contribution >= 0.6 is 23.2 Å². The van der Waals surface area contributed by atoms with Gasteiger partial charge in [0.25, 0.3) is 0 Å². The predicted molar refractivity (Wildman–Crippen MR) is 99.3 cm³/mol. The molecule has 0 unspecified atom stereocenters. The van der Waals surface area contributed by atoms with Crippen LogP contribution in [0.5, 0.6) is 0 Å². The SMILES string of the molecule is CCC(=O)N(Cc1ccc(Cl)c(Cl)c1)[C@H](CC)C(=O)N[C@@H](C)CC. The van der Waals surface area contributed by atoms with Crippen LogP contribution in [0.25, 0.3) is 0 Å². The van der Waals surface area contributed by atoms with E-state index in [4.69, 9.17) is 23.2 Å². The first-order chi connectivity index (χ1) is 11.3. The quantitative estimate of drug-likeness (QED) is 0.733. The largest absolute Gasteiger partial charge is 0.352 e. The summed E-state index contributed by atoms with van der Waals surface area (Å²) in [5.74, 6) is -0.180. The van der Waals surface area contributed by atoms with Gasteiger partial charge in [0.05, 0.1) is 10.0 Å². The fourth-order valence-corrected chi connectivity index (χ4v) is 2.72. The molecule has 0 saturated carbocycles. The van der Waals surface area contributed by atoms with E-state index in [1.165, 1.54) is 0 Å². The average Bonchev–Trinajstić information content (AvgIpc) is 2.56. The summed E-state index contributed by atoms with van der Waals surface area (Å²) in [5.41, 5.74) is 0.848. The standard InChI is InChI=1S/C18H26Cl2N2O2/c1-5-12(4)21-18(24)16(6-2)22(17(23)7-3)11-13-8-9-14(19)15(20)10-13/h8-10,12,16H,5-7,11H2,1-4H3,(H,21,24)/t12-,16+/m0/s1. The van der Waals surface area contributed by atoms with Crippen LogP contribution in [0.4, 0.5) is 0 Å². The van der Waals surface area contributed by atoms with Crippen LogP contribution in [-0.4, -0.2) is 28.8 Å². The molecule has 0 saturated heterocycles. The first-order valence-corrected chi connectivity index (χ1v) is 9.13. The maximum Gasteiger partial charge on any atom is 0.243 e. The highest BCUT2D eigenvalue weighted by Crippen LogP contribution is 2.24. The lowest BCUT2D eigenvalue weighted by atomic mass is 10.1. The molecule has 6 heteroatoms. The van der Waals surface area contributed by atoms with Gasteiger partial charge in [-0.15, -0.1) is 0 Å². The summed E-state index contributed by atoms with van der Waals surface area (Å²) < 4.78 is 0. The molecule has 0 aromatic heterocycles. The van der Waals surface area contributed by atoms with Crippen molar-refractivity contribution in [2.24, 2.45) is 0 Å². The molecule has 0 bridgehead atoms. The molecule has 1 aromatic rings. The predicted octanol–water partition coefficient (Wildman–Crippen LogP) is 4.43. The molecule has 0 spiro atoms. The number of hydrogen-bond donors (Lipinski definition) is 1. The molecule has 1 rings (SSSR count). The van der Waals surface area contributed by atoms with Gasteiger partial charge in [-0.05, 0) is 37.5 Å². The molecule has 0 aliphatic carbocycles. The molecule has 4 nitrogen and oxygen atoms in total. The number of halogens is 2. The highest BCUT2D eigenvalue weighted by atomic mass is 35.5. The van der Waals surface area contributed by atoms with Crippen LogP contribution in [0.2, 0.25) is 10.0 Å². The third-order valence-electron chi connectivity index (χ3n) is 4.03. The van der Waals surface area contributed by atoms with Crippen molar-refractivity contribution in [2.75, 3.05) is 0 Å². The Kier molecular flexibility index (Phi) is 8.57. The van der Waals surface area contributed by atoms with Crippen molar-refractivity contribution in [1.29, 1.82) is 0 Å². The van der Waals surface area contributed by atoms with E-state index >= 15 is 0 Å². The van der Waals surface area contributed by atoms with Gasteiger partial charge in [0.2, 0.25) is 11.8 Å². The molecule has 0 aliphatic rings. The number of rotatable bonds is 8. The lowest BCUT2D eigenvalue weighted by Crippen LogP contribution is -2.50. The Balaban J connectivity index is 3.02. The van der Waals surface area contributed by atoms with Crippen LogP contribution < -0.4 is 5.32 Å². The number of nitrogens with one attached hydrogen (secondary N) is 1. The van der Waals surface area contributed by atoms with E-state index < -0.39 is 6.04 Å². The van der Waals surface area contributed by atoms with Crippen LogP contribution in [0.1, 0.15) is 52.5 Å². The minimum absolute atomic E-state index is 0.0628. The number of amides is 2. The Morgan fingerprint density at radius 3 is 2.29 bits per heavy atom. The van der Waals surface area contributed by atoms with Crippen LogP contribution in [-0.2, 0) is 16.1 Å². The van der Waals surface area contributed by atoms with Gasteiger partial charge in [0, 0.05) is 19.0 Å². The zero-order valence-electron chi connectivity index (χ0n) is 14.7. The zero-order valence-corrected chi connectivity index (χ0v) is 16.2. The van der Waals surface area contributed by atoms with Crippen molar-refractivity contribution in [3.05, 3.63) is 33.8 Å². The maximum absolute atomic E-state index is 12.6. The molecular weight excluding hydrogens is 347 g/mol. The minimum atomic E-state index is -0.499. The van der Waals surface area contributed by atoms with Crippen molar-refractivity contribution in [3.63, 3.8) is 0 Å². The zero-order chi connectivity index (χ0) is 18.3. The minimum Gasteiger partial charge on any atom is -0.352 e. The number of hydrogen-bond acceptors (Lipinski definition) is 2. The first-order valence-electron chi connectivity index (χ1n) is 8.37. The summed E-state index contributed by atoms with van der Waals surface area (Å²) in [6.45, 7) is 8.00. The summed E-state index contributed by atoms with van der Waals surface area (Å²) in [5, 5.41) is 3.87. The van der Waals surface area contributed by atoms with Crippen molar-refractivity contribution >= 4 is 35.0 Å². The summed E-state index contributed by atoms with van der Waals surface area (Å²) in [6.07, 6.45) is 1.74. The lowest BCUT2D eigenvalue weighted by Gasteiger charge is -2.31. The Hall–Kier alpha value is -1.26. The second kappa shape index (κ2) is 9.90. The Bertz CT molecular complexity index is 578. The van der Waals surface area contributed by atoms with E-state index in [2.05, 4.69) is 5.32 Å². The van der Waals surface area contributed by atoms with E-state index in [0.717, 1.165) is 12.0 Å². The van der Waals surface area contributed by atoms with E-state index in [-0.39, 0.29) is 17.9 Å². The van der Waals surface area contributed by atoms with Crippen molar-refractivity contribution in [2.45, 2.75) is 65.6 Å². The van der Waals surface area contributed by atoms with E-state index in [1.54, 1.807) is 24.0 Å². The number of carbonyl (C=O) groups excluding carboxylic acids is 2. The molecule has 1 aromatic carbocycles. The van der Waals surface area contributed by atoms with Gasteiger partial charge in [0.1, 0.15) is 6.04 Å². The van der Waals surface area contributed by atoms with E-state index in [9.17, 15) is 9.59 Å². The van der Waals surface area contributed by atoms with Gasteiger partial charge in [0.15, 0.2) is 0 Å². The van der Waals surface area contributed by atoms with E-state index in [0.29, 0.717) is 29.4 Å². The van der Waals surface area contributed by atoms with E-state index in [1.807, 2.05) is 26.8 Å². The lowest BCUT2D eigenvalue weighted by molar-refractivity contribution is -0.141. The molecule has 134 valence electrons. The summed E-state index contributed by atoms with van der Waals surface area (Å²) in [4.78, 5) is 26.6. The van der Waals surface area contributed by atoms with Crippen LogP contribution in [0, 0.1) is 0 Å². The van der Waals surface area contributed by atoms with Crippen LogP contribution in [0.15, 0.2) is 18.2 Å². The normalized spacial score (nSPS) is 13.2. The van der Waals surface area contributed by atoms with Gasteiger partial charge >= 0.3 is 0 Å². The molecule has 2 amide bonds. The monoisotopic (exact) mass is 372 g/mol. The average molecular weight is 373 g/mol. The Labute approximate surface area is 154 Å². The van der Waals surface area contributed by atoms with Gasteiger partial charge in [-0.3, -0.25) is 9.59 Å². The van der Waals surface area contributed by atoms with Crippen molar-refractivity contribution in [3.8, 4) is 0 Å². The number of nitrogens with zero attached hydrogens (tertiary/aromatic N) is 1. The summed E-state index contributed by atoms with van der Waals surface area (Å²) >= 11 is 12.0. The number of carbonyl (C=O) groups is 2. The van der Waals surface area contributed by atoms with Crippen LogP contribution in [0.3, 0.4) is 0 Å². The first kappa shape index (κ1) is 20.8. The maximum atomic E-state index is 12.6. The second-order valence-electron chi connectivity index (χ2n) is 5.87. The molecule has 0 heterocycles. The fourth-order valence-electron chi connectivity index (χ4n) is 2.40.